The van der Waals surface area contributed by atoms with Crippen LogP contribution >= 0.6 is 0 Å². The maximum Gasteiger partial charge on any atom is 0.251 e. The summed E-state index contributed by atoms with van der Waals surface area (Å²) >= 11 is 0. The van der Waals surface area contributed by atoms with Crippen LogP contribution in [0, 0.1) is 18.8 Å². The number of carbonyl (C=O) groups is 1. The minimum atomic E-state index is 0.0512. The molecular formula is C17H26N2O. The molecule has 0 saturated heterocycles. The van der Waals surface area contributed by atoms with E-state index in [0.717, 1.165) is 35.8 Å². The van der Waals surface area contributed by atoms with Gasteiger partial charge in [-0.25, -0.2) is 0 Å². The van der Waals surface area contributed by atoms with Crippen LogP contribution < -0.4 is 10.6 Å². The molecule has 2 N–H and O–H groups in total. The first kappa shape index (κ1) is 14.9. The Labute approximate surface area is 122 Å². The highest BCUT2D eigenvalue weighted by atomic mass is 16.1. The summed E-state index contributed by atoms with van der Waals surface area (Å²) in [5.74, 6) is 1.45. The van der Waals surface area contributed by atoms with E-state index in [0.29, 0.717) is 5.92 Å². The Hall–Kier alpha value is -1.51. The van der Waals surface area contributed by atoms with Gasteiger partial charge in [-0.1, -0.05) is 19.8 Å². The smallest absolute Gasteiger partial charge is 0.251 e. The number of nitrogens with one attached hydrogen (secondary N) is 2. The maximum absolute atomic E-state index is 12.2. The van der Waals surface area contributed by atoms with Crippen molar-refractivity contribution in [2.75, 3.05) is 18.4 Å². The van der Waals surface area contributed by atoms with Gasteiger partial charge in [0.15, 0.2) is 0 Å². The summed E-state index contributed by atoms with van der Waals surface area (Å²) < 4.78 is 0. The molecule has 2 unspecified atom stereocenters. The van der Waals surface area contributed by atoms with Gasteiger partial charge < -0.3 is 10.6 Å². The van der Waals surface area contributed by atoms with E-state index in [1.807, 2.05) is 25.1 Å². The number of benzene rings is 1. The Bertz CT molecular complexity index is 470. The first-order valence-corrected chi connectivity index (χ1v) is 7.74. The third-order valence-corrected chi connectivity index (χ3v) is 4.42. The van der Waals surface area contributed by atoms with E-state index >= 15 is 0 Å². The van der Waals surface area contributed by atoms with Crippen LogP contribution in [0.3, 0.4) is 0 Å². The summed E-state index contributed by atoms with van der Waals surface area (Å²) in [6.45, 7) is 8.11. The summed E-state index contributed by atoms with van der Waals surface area (Å²) in [6, 6.07) is 5.86. The number of anilines is 1. The average molecular weight is 274 g/mol. The molecule has 0 heterocycles. The first-order chi connectivity index (χ1) is 9.61. The van der Waals surface area contributed by atoms with Crippen molar-refractivity contribution in [2.24, 2.45) is 11.8 Å². The Balaban J connectivity index is 1.93. The average Bonchev–Trinajstić information content (AvgIpc) is 2.84. The third kappa shape index (κ3) is 3.53. The second kappa shape index (κ2) is 6.78. The number of hydrogen-bond acceptors (Lipinski definition) is 2. The van der Waals surface area contributed by atoms with Crippen LogP contribution in [0.1, 0.15) is 49.0 Å². The lowest BCUT2D eigenvalue weighted by molar-refractivity contribution is 0.0944. The molecule has 110 valence electrons. The molecule has 1 aliphatic rings. The van der Waals surface area contributed by atoms with Gasteiger partial charge in [0, 0.05) is 24.3 Å². The molecule has 0 aliphatic heterocycles. The minimum absolute atomic E-state index is 0.0512. The summed E-state index contributed by atoms with van der Waals surface area (Å²) in [5.41, 5.74) is 2.98. The van der Waals surface area contributed by atoms with Crippen molar-refractivity contribution < 1.29 is 4.79 Å². The number of rotatable bonds is 5. The summed E-state index contributed by atoms with van der Waals surface area (Å²) in [4.78, 5) is 12.2. The quantitative estimate of drug-likeness (QED) is 0.861. The largest absolute Gasteiger partial charge is 0.385 e. The van der Waals surface area contributed by atoms with Crippen LogP contribution in [-0.2, 0) is 0 Å². The molecule has 1 fully saturated rings. The van der Waals surface area contributed by atoms with Gasteiger partial charge in [0.2, 0.25) is 0 Å². The second-order valence-corrected chi connectivity index (χ2v) is 5.94. The van der Waals surface area contributed by atoms with Gasteiger partial charge in [-0.2, -0.15) is 0 Å². The topological polar surface area (TPSA) is 41.1 Å². The Morgan fingerprint density at radius 3 is 2.75 bits per heavy atom. The van der Waals surface area contributed by atoms with Gasteiger partial charge in [0.05, 0.1) is 0 Å². The molecule has 1 saturated carbocycles. The van der Waals surface area contributed by atoms with E-state index in [-0.39, 0.29) is 5.91 Å². The zero-order valence-corrected chi connectivity index (χ0v) is 12.8. The lowest BCUT2D eigenvalue weighted by Gasteiger charge is -2.16. The molecule has 3 nitrogen and oxygen atoms in total. The summed E-state index contributed by atoms with van der Waals surface area (Å²) in [7, 11) is 0. The van der Waals surface area contributed by atoms with Gasteiger partial charge in [-0.05, 0) is 55.9 Å². The molecule has 20 heavy (non-hydrogen) atoms. The molecule has 0 aromatic heterocycles. The maximum atomic E-state index is 12.2. The molecule has 1 aromatic rings. The Kier molecular flexibility index (Phi) is 5.05. The highest BCUT2D eigenvalue weighted by molar-refractivity contribution is 5.94. The van der Waals surface area contributed by atoms with Crippen LogP contribution in [0.25, 0.3) is 0 Å². The van der Waals surface area contributed by atoms with Crippen LogP contribution in [0.2, 0.25) is 0 Å². The molecule has 2 atom stereocenters. The summed E-state index contributed by atoms with van der Waals surface area (Å²) in [6.07, 6.45) is 3.86. The fourth-order valence-electron chi connectivity index (χ4n) is 3.05. The Morgan fingerprint density at radius 2 is 2.15 bits per heavy atom. The van der Waals surface area contributed by atoms with Crippen LogP contribution in [0.4, 0.5) is 5.69 Å². The van der Waals surface area contributed by atoms with Crippen molar-refractivity contribution in [1.82, 2.24) is 5.32 Å². The van der Waals surface area contributed by atoms with Gasteiger partial charge in [0.1, 0.15) is 0 Å². The van der Waals surface area contributed by atoms with Crippen molar-refractivity contribution in [3.63, 3.8) is 0 Å². The van der Waals surface area contributed by atoms with Crippen LogP contribution in [0.5, 0.6) is 0 Å². The molecule has 1 aromatic carbocycles. The number of amides is 1. The third-order valence-electron chi connectivity index (χ3n) is 4.42. The molecule has 0 bridgehead atoms. The van der Waals surface area contributed by atoms with Crippen LogP contribution in [-0.4, -0.2) is 19.0 Å². The predicted octanol–water partition coefficient (Wildman–Crippen LogP) is 3.59. The molecule has 1 aliphatic carbocycles. The molecular weight excluding hydrogens is 248 g/mol. The normalized spacial score (nSPS) is 21.8. The molecule has 2 rings (SSSR count). The zero-order valence-electron chi connectivity index (χ0n) is 12.8. The number of aryl methyl sites for hydroxylation is 1. The second-order valence-electron chi connectivity index (χ2n) is 5.94. The van der Waals surface area contributed by atoms with Gasteiger partial charge in [-0.15, -0.1) is 0 Å². The standard InChI is InChI=1S/C17H26N2O/c1-4-18-16-9-8-14(10-13(16)3)17(20)19-11-15-7-5-6-12(15)2/h8-10,12,15,18H,4-7,11H2,1-3H3,(H,19,20). The monoisotopic (exact) mass is 274 g/mol. The molecule has 0 radical (unpaired) electrons. The van der Waals surface area contributed by atoms with Gasteiger partial charge >= 0.3 is 0 Å². The van der Waals surface area contributed by atoms with E-state index in [1.165, 1.54) is 19.3 Å². The van der Waals surface area contributed by atoms with Gasteiger partial charge in [-0.3, -0.25) is 4.79 Å². The van der Waals surface area contributed by atoms with Crippen molar-refractivity contribution in [3.05, 3.63) is 29.3 Å². The van der Waals surface area contributed by atoms with Crippen molar-refractivity contribution >= 4 is 11.6 Å². The fourth-order valence-corrected chi connectivity index (χ4v) is 3.05. The molecule has 3 heteroatoms. The fraction of sp³-hybridized carbons (Fsp3) is 0.588. The highest BCUT2D eigenvalue weighted by Gasteiger charge is 2.23. The highest BCUT2D eigenvalue weighted by Crippen LogP contribution is 2.30. The number of hydrogen-bond donors (Lipinski definition) is 2. The van der Waals surface area contributed by atoms with E-state index < -0.39 is 0 Å². The molecule has 1 amide bonds. The lowest BCUT2D eigenvalue weighted by atomic mass is 9.98. The van der Waals surface area contributed by atoms with E-state index in [4.69, 9.17) is 0 Å². The zero-order chi connectivity index (χ0) is 14.5. The van der Waals surface area contributed by atoms with E-state index in [2.05, 4.69) is 24.5 Å². The minimum Gasteiger partial charge on any atom is -0.385 e. The Morgan fingerprint density at radius 1 is 1.35 bits per heavy atom. The van der Waals surface area contributed by atoms with E-state index in [1.54, 1.807) is 0 Å². The number of carbonyl (C=O) groups excluding carboxylic acids is 1. The van der Waals surface area contributed by atoms with Crippen molar-refractivity contribution in [2.45, 2.75) is 40.0 Å². The first-order valence-electron chi connectivity index (χ1n) is 7.74. The van der Waals surface area contributed by atoms with Crippen molar-refractivity contribution in [1.29, 1.82) is 0 Å². The SMILES string of the molecule is CCNc1ccc(C(=O)NCC2CCCC2C)cc1C. The van der Waals surface area contributed by atoms with E-state index in [9.17, 15) is 4.79 Å². The lowest BCUT2D eigenvalue weighted by Crippen LogP contribution is -2.30. The van der Waals surface area contributed by atoms with Crippen LogP contribution in [0.15, 0.2) is 18.2 Å². The predicted molar refractivity (Wildman–Crippen MR) is 84.2 cm³/mol. The van der Waals surface area contributed by atoms with Crippen molar-refractivity contribution in [3.8, 4) is 0 Å². The van der Waals surface area contributed by atoms with Gasteiger partial charge in [0.25, 0.3) is 5.91 Å². The molecule has 0 spiro atoms. The summed E-state index contributed by atoms with van der Waals surface area (Å²) in [5, 5.41) is 6.38.